The van der Waals surface area contributed by atoms with E-state index in [4.69, 9.17) is 16.9 Å². The second-order valence-electron chi connectivity index (χ2n) is 2.77. The van der Waals surface area contributed by atoms with Crippen LogP contribution in [0.25, 0.3) is 0 Å². The van der Waals surface area contributed by atoms with Crippen LogP contribution in [0.2, 0.25) is 0 Å². The number of Topliss-reactive ketones (excluding diaryl/α,β-unsaturated/α-hetero) is 1. The number of hydrogen-bond acceptors (Lipinski definition) is 2. The lowest BCUT2D eigenvalue weighted by atomic mass is 10.0. The number of ketones is 1. The van der Waals surface area contributed by atoms with Gasteiger partial charge in [0.25, 0.3) is 0 Å². The Hall–Kier alpha value is -0.600. The molecule has 0 fully saturated rings. The normalized spacial score (nSPS) is 9.57. The summed E-state index contributed by atoms with van der Waals surface area (Å²) in [4.78, 5) is 11.4. The molecule has 1 aromatic rings. The van der Waals surface area contributed by atoms with E-state index in [1.807, 2.05) is 6.92 Å². The molecule has 72 valence electrons. The lowest BCUT2D eigenvalue weighted by molar-refractivity contribution is 0.102. The van der Waals surface area contributed by atoms with Gasteiger partial charge in [-0.3, -0.25) is 4.79 Å². The number of nitriles is 1. The van der Waals surface area contributed by atoms with Crippen LogP contribution in [0.5, 0.6) is 0 Å². The first-order chi connectivity index (χ1) is 6.61. The third-order valence-electron chi connectivity index (χ3n) is 1.93. The number of carbonyl (C=O) groups excluding carboxylic acids is 1. The van der Waals surface area contributed by atoms with Crippen molar-refractivity contribution in [1.29, 1.82) is 5.26 Å². The zero-order chi connectivity index (χ0) is 10.7. The molecule has 0 saturated heterocycles. The Morgan fingerprint density at radius 1 is 1.64 bits per heavy atom. The van der Waals surface area contributed by atoms with Crippen molar-refractivity contribution in [3.63, 3.8) is 0 Å². The van der Waals surface area contributed by atoms with Gasteiger partial charge in [-0.15, -0.1) is 11.6 Å². The molecule has 0 bridgehead atoms. The summed E-state index contributed by atoms with van der Waals surface area (Å²) in [6.07, 6.45) is 0. The van der Waals surface area contributed by atoms with Gasteiger partial charge in [0.2, 0.25) is 0 Å². The first-order valence-corrected chi connectivity index (χ1v) is 5.51. The Bertz CT molecular complexity index is 423. The molecule has 0 spiro atoms. The zero-order valence-corrected chi connectivity index (χ0v) is 10.4. The second-order valence-corrected chi connectivity index (χ2v) is 4.11. The highest BCUT2D eigenvalue weighted by atomic mass is 127. The highest BCUT2D eigenvalue weighted by Gasteiger charge is 2.12. The van der Waals surface area contributed by atoms with Crippen molar-refractivity contribution >= 4 is 40.0 Å². The molecule has 0 saturated carbocycles. The van der Waals surface area contributed by atoms with Crippen LogP contribution in [0.3, 0.4) is 0 Å². The van der Waals surface area contributed by atoms with E-state index in [0.29, 0.717) is 11.1 Å². The Morgan fingerprint density at radius 3 is 2.79 bits per heavy atom. The number of alkyl halides is 1. The van der Waals surface area contributed by atoms with Crippen molar-refractivity contribution in [2.75, 3.05) is 5.88 Å². The molecular formula is C10H7ClINO. The fourth-order valence-electron chi connectivity index (χ4n) is 1.09. The van der Waals surface area contributed by atoms with Crippen LogP contribution in [0.4, 0.5) is 0 Å². The largest absolute Gasteiger partial charge is 0.293 e. The molecule has 0 amide bonds. The third-order valence-corrected chi connectivity index (χ3v) is 3.56. The SMILES string of the molecule is Cc1c(C#N)ccc(C(=O)CCl)c1I. The van der Waals surface area contributed by atoms with Crippen molar-refractivity contribution < 1.29 is 4.79 Å². The molecule has 0 aliphatic carbocycles. The average molecular weight is 320 g/mol. The molecule has 0 aromatic heterocycles. The summed E-state index contributed by atoms with van der Waals surface area (Å²) in [6, 6.07) is 5.37. The van der Waals surface area contributed by atoms with Crippen LogP contribution in [0.15, 0.2) is 12.1 Å². The molecule has 1 aromatic carbocycles. The topological polar surface area (TPSA) is 40.9 Å². The maximum atomic E-state index is 11.4. The van der Waals surface area contributed by atoms with Gasteiger partial charge in [-0.05, 0) is 47.2 Å². The third kappa shape index (κ3) is 2.07. The van der Waals surface area contributed by atoms with Gasteiger partial charge in [0.15, 0.2) is 5.78 Å². The summed E-state index contributed by atoms with van der Waals surface area (Å²) in [7, 11) is 0. The summed E-state index contributed by atoms with van der Waals surface area (Å²) in [5, 5.41) is 8.77. The van der Waals surface area contributed by atoms with Crippen LogP contribution in [0, 0.1) is 21.8 Å². The predicted octanol–water partition coefficient (Wildman–Crippen LogP) is 2.89. The van der Waals surface area contributed by atoms with E-state index >= 15 is 0 Å². The fraction of sp³-hybridized carbons (Fsp3) is 0.200. The maximum Gasteiger partial charge on any atom is 0.178 e. The summed E-state index contributed by atoms with van der Waals surface area (Å²) in [6.45, 7) is 1.82. The van der Waals surface area contributed by atoms with Gasteiger partial charge in [0.1, 0.15) is 0 Å². The van der Waals surface area contributed by atoms with E-state index in [0.717, 1.165) is 9.13 Å². The van der Waals surface area contributed by atoms with Gasteiger partial charge in [-0.25, -0.2) is 0 Å². The molecule has 0 N–H and O–H groups in total. The van der Waals surface area contributed by atoms with Crippen molar-refractivity contribution in [1.82, 2.24) is 0 Å². The Morgan fingerprint density at radius 2 is 2.29 bits per heavy atom. The Labute approximate surface area is 101 Å². The number of hydrogen-bond donors (Lipinski definition) is 0. The molecule has 0 radical (unpaired) electrons. The van der Waals surface area contributed by atoms with E-state index in [1.54, 1.807) is 12.1 Å². The molecule has 4 heteroatoms. The number of rotatable bonds is 2. The monoisotopic (exact) mass is 319 g/mol. The molecule has 2 nitrogen and oxygen atoms in total. The molecule has 0 aliphatic rings. The minimum absolute atomic E-state index is 0.0264. The van der Waals surface area contributed by atoms with Crippen LogP contribution >= 0.6 is 34.2 Å². The minimum Gasteiger partial charge on any atom is -0.293 e. The Balaban J connectivity index is 3.33. The average Bonchev–Trinajstić information content (AvgIpc) is 2.21. The van der Waals surface area contributed by atoms with E-state index in [1.165, 1.54) is 0 Å². The standard InChI is InChI=1S/C10H7ClINO/c1-6-7(5-13)2-3-8(10(6)12)9(14)4-11/h2-3H,4H2,1H3. The highest BCUT2D eigenvalue weighted by Crippen LogP contribution is 2.21. The summed E-state index contributed by atoms with van der Waals surface area (Å²) < 4.78 is 0.812. The first kappa shape index (κ1) is 11.5. The summed E-state index contributed by atoms with van der Waals surface area (Å²) in [5.41, 5.74) is 2.03. The number of benzene rings is 1. The molecule has 0 aliphatic heterocycles. The second kappa shape index (κ2) is 4.76. The lowest BCUT2D eigenvalue weighted by Crippen LogP contribution is -2.05. The Kier molecular flexibility index (Phi) is 3.90. The molecular weight excluding hydrogens is 312 g/mol. The highest BCUT2D eigenvalue weighted by molar-refractivity contribution is 14.1. The molecule has 1 rings (SSSR count). The van der Waals surface area contributed by atoms with Crippen LogP contribution in [0.1, 0.15) is 21.5 Å². The van der Waals surface area contributed by atoms with Crippen LogP contribution in [-0.2, 0) is 0 Å². The first-order valence-electron chi connectivity index (χ1n) is 3.90. The van der Waals surface area contributed by atoms with E-state index in [9.17, 15) is 4.79 Å². The quantitative estimate of drug-likeness (QED) is 0.478. The minimum atomic E-state index is -0.108. The van der Waals surface area contributed by atoms with Crippen LogP contribution in [-0.4, -0.2) is 11.7 Å². The van der Waals surface area contributed by atoms with Crippen molar-refractivity contribution in [2.24, 2.45) is 0 Å². The van der Waals surface area contributed by atoms with E-state index < -0.39 is 0 Å². The van der Waals surface area contributed by atoms with E-state index in [2.05, 4.69) is 28.7 Å². The molecule has 0 unspecified atom stereocenters. The number of halogens is 2. The number of carbonyl (C=O) groups is 1. The van der Waals surface area contributed by atoms with Gasteiger partial charge in [0, 0.05) is 9.13 Å². The smallest absolute Gasteiger partial charge is 0.178 e. The van der Waals surface area contributed by atoms with Crippen LogP contribution < -0.4 is 0 Å². The summed E-state index contributed by atoms with van der Waals surface area (Å²) in [5.74, 6) is -0.134. The summed E-state index contributed by atoms with van der Waals surface area (Å²) >= 11 is 7.53. The predicted molar refractivity (Wildman–Crippen MR) is 63.7 cm³/mol. The van der Waals surface area contributed by atoms with Gasteiger partial charge >= 0.3 is 0 Å². The molecule has 0 heterocycles. The van der Waals surface area contributed by atoms with Gasteiger partial charge < -0.3 is 0 Å². The maximum absolute atomic E-state index is 11.4. The molecule has 0 atom stereocenters. The molecule has 14 heavy (non-hydrogen) atoms. The zero-order valence-electron chi connectivity index (χ0n) is 7.47. The fourth-order valence-corrected chi connectivity index (χ4v) is 2.01. The van der Waals surface area contributed by atoms with Crippen molar-refractivity contribution in [3.05, 3.63) is 32.4 Å². The van der Waals surface area contributed by atoms with Crippen molar-refractivity contribution in [2.45, 2.75) is 6.92 Å². The van der Waals surface area contributed by atoms with Gasteiger partial charge in [-0.1, -0.05) is 0 Å². The van der Waals surface area contributed by atoms with Gasteiger partial charge in [-0.2, -0.15) is 5.26 Å². The van der Waals surface area contributed by atoms with Crippen molar-refractivity contribution in [3.8, 4) is 6.07 Å². The van der Waals surface area contributed by atoms with E-state index in [-0.39, 0.29) is 11.7 Å². The lowest BCUT2D eigenvalue weighted by Gasteiger charge is -2.05. The number of nitrogens with zero attached hydrogens (tertiary/aromatic N) is 1. The van der Waals surface area contributed by atoms with Gasteiger partial charge in [0.05, 0.1) is 17.5 Å².